The predicted molar refractivity (Wildman–Crippen MR) is 71.2 cm³/mol. The Hall–Kier alpha value is -1.16. The molecule has 2 rings (SSSR count). The van der Waals surface area contributed by atoms with Gasteiger partial charge in [0, 0.05) is 5.56 Å². The van der Waals surface area contributed by atoms with Crippen LogP contribution in [0.4, 0.5) is 0 Å². The zero-order chi connectivity index (χ0) is 12.4. The normalized spacial score (nSPS) is 12.7. The second-order valence-electron chi connectivity index (χ2n) is 4.20. The van der Waals surface area contributed by atoms with E-state index in [1.807, 2.05) is 0 Å². The first kappa shape index (κ1) is 12.3. The summed E-state index contributed by atoms with van der Waals surface area (Å²) in [5.74, 6) is 1.23. The van der Waals surface area contributed by atoms with Crippen molar-refractivity contribution in [3.05, 3.63) is 35.2 Å². The van der Waals surface area contributed by atoms with Crippen molar-refractivity contribution in [2.75, 3.05) is 0 Å². The Bertz CT molecular complexity index is 502. The lowest BCUT2D eigenvalue weighted by molar-refractivity contribution is 0.500. The van der Waals surface area contributed by atoms with Gasteiger partial charge in [-0.1, -0.05) is 40.0 Å². The molecule has 3 nitrogen and oxygen atoms in total. The first-order valence-corrected chi connectivity index (χ1v) is 6.58. The Balaban J connectivity index is 2.36. The molecule has 2 aromatic rings. The molecular weight excluding hydrogens is 280 g/mol. The fourth-order valence-corrected chi connectivity index (χ4v) is 1.94. The van der Waals surface area contributed by atoms with Gasteiger partial charge in [0.2, 0.25) is 11.8 Å². The number of halogens is 1. The third-order valence-corrected chi connectivity index (χ3v) is 3.57. The van der Waals surface area contributed by atoms with Gasteiger partial charge in [0.05, 0.1) is 4.83 Å². The van der Waals surface area contributed by atoms with Crippen LogP contribution in [0.1, 0.15) is 35.2 Å². The molecule has 0 aliphatic carbocycles. The van der Waals surface area contributed by atoms with E-state index in [1.165, 1.54) is 11.1 Å². The van der Waals surface area contributed by atoms with E-state index in [1.54, 1.807) is 0 Å². The van der Waals surface area contributed by atoms with E-state index >= 15 is 0 Å². The second kappa shape index (κ2) is 5.00. The average Bonchev–Trinajstić information content (AvgIpc) is 2.76. The first-order chi connectivity index (χ1) is 8.10. The summed E-state index contributed by atoms with van der Waals surface area (Å²) >= 11 is 3.50. The van der Waals surface area contributed by atoms with Crippen LogP contribution in [0.3, 0.4) is 0 Å². The Morgan fingerprint density at radius 3 is 2.41 bits per heavy atom. The standard InChI is InChI=1S/C13H15BrN2O/c1-4-11(14)13-16-15-12(17-13)10-6-8(2)5-9(3)7-10/h5-7,11H,4H2,1-3H3. The van der Waals surface area contributed by atoms with Crippen LogP contribution in [0, 0.1) is 13.8 Å². The molecule has 4 heteroatoms. The first-order valence-electron chi connectivity index (χ1n) is 5.66. The van der Waals surface area contributed by atoms with Gasteiger partial charge < -0.3 is 4.42 Å². The van der Waals surface area contributed by atoms with Gasteiger partial charge in [-0.15, -0.1) is 10.2 Å². The van der Waals surface area contributed by atoms with Crippen molar-refractivity contribution < 1.29 is 4.42 Å². The van der Waals surface area contributed by atoms with E-state index in [4.69, 9.17) is 4.42 Å². The molecule has 0 aliphatic heterocycles. The lowest BCUT2D eigenvalue weighted by atomic mass is 10.1. The molecule has 1 aromatic heterocycles. The lowest BCUT2D eigenvalue weighted by Gasteiger charge is -2.01. The Morgan fingerprint density at radius 2 is 1.82 bits per heavy atom. The molecule has 1 unspecified atom stereocenters. The number of alkyl halides is 1. The molecule has 1 atom stereocenters. The third kappa shape index (κ3) is 2.75. The summed E-state index contributed by atoms with van der Waals surface area (Å²) in [5, 5.41) is 8.15. The summed E-state index contributed by atoms with van der Waals surface area (Å²) in [4.78, 5) is 0.134. The maximum Gasteiger partial charge on any atom is 0.247 e. The Labute approximate surface area is 109 Å². The Morgan fingerprint density at radius 1 is 1.18 bits per heavy atom. The van der Waals surface area contributed by atoms with Crippen molar-refractivity contribution in [1.29, 1.82) is 0 Å². The molecule has 0 fully saturated rings. The van der Waals surface area contributed by atoms with Crippen molar-refractivity contribution in [3.63, 3.8) is 0 Å². The highest BCUT2D eigenvalue weighted by Crippen LogP contribution is 2.28. The number of aromatic nitrogens is 2. The molecule has 0 bridgehead atoms. The molecule has 0 saturated heterocycles. The number of hydrogen-bond donors (Lipinski definition) is 0. The van der Waals surface area contributed by atoms with Crippen LogP contribution >= 0.6 is 15.9 Å². The molecule has 0 amide bonds. The van der Waals surface area contributed by atoms with E-state index in [9.17, 15) is 0 Å². The van der Waals surface area contributed by atoms with Crippen molar-refractivity contribution >= 4 is 15.9 Å². The van der Waals surface area contributed by atoms with Gasteiger partial charge in [-0.25, -0.2) is 0 Å². The zero-order valence-corrected chi connectivity index (χ0v) is 11.8. The highest BCUT2D eigenvalue weighted by Gasteiger charge is 2.14. The monoisotopic (exact) mass is 294 g/mol. The topological polar surface area (TPSA) is 38.9 Å². The molecule has 0 spiro atoms. The van der Waals surface area contributed by atoms with Gasteiger partial charge in [-0.3, -0.25) is 0 Å². The second-order valence-corrected chi connectivity index (χ2v) is 5.30. The van der Waals surface area contributed by atoms with Gasteiger partial charge in [0.15, 0.2) is 0 Å². The van der Waals surface area contributed by atoms with Crippen LogP contribution < -0.4 is 0 Å². The maximum atomic E-state index is 5.66. The highest BCUT2D eigenvalue weighted by atomic mass is 79.9. The Kier molecular flexibility index (Phi) is 3.62. The fraction of sp³-hybridized carbons (Fsp3) is 0.385. The summed E-state index contributed by atoms with van der Waals surface area (Å²) < 4.78 is 5.66. The SMILES string of the molecule is CCC(Br)c1nnc(-c2cc(C)cc(C)c2)o1. The van der Waals surface area contributed by atoms with Crippen LogP contribution in [0.5, 0.6) is 0 Å². The van der Waals surface area contributed by atoms with Crippen molar-refractivity contribution in [2.24, 2.45) is 0 Å². The molecule has 0 N–H and O–H groups in total. The average molecular weight is 295 g/mol. The van der Waals surface area contributed by atoms with E-state index in [0.29, 0.717) is 11.8 Å². The largest absolute Gasteiger partial charge is 0.419 e. The van der Waals surface area contributed by atoms with Gasteiger partial charge in [0.1, 0.15) is 0 Å². The van der Waals surface area contributed by atoms with Crippen molar-refractivity contribution in [2.45, 2.75) is 32.0 Å². The van der Waals surface area contributed by atoms with Gasteiger partial charge in [-0.2, -0.15) is 0 Å². The fourth-order valence-electron chi connectivity index (χ4n) is 1.75. The van der Waals surface area contributed by atoms with Crippen molar-refractivity contribution in [3.8, 4) is 11.5 Å². The van der Waals surface area contributed by atoms with E-state index < -0.39 is 0 Å². The summed E-state index contributed by atoms with van der Waals surface area (Å²) in [6, 6.07) is 6.24. The molecular formula is C13H15BrN2O. The predicted octanol–water partition coefficient (Wildman–Crippen LogP) is 4.20. The highest BCUT2D eigenvalue weighted by molar-refractivity contribution is 9.09. The van der Waals surface area contributed by atoms with Crippen LogP contribution in [0.15, 0.2) is 22.6 Å². The van der Waals surface area contributed by atoms with Crippen LogP contribution in [0.2, 0.25) is 0 Å². The number of aryl methyl sites for hydroxylation is 2. The smallest absolute Gasteiger partial charge is 0.247 e. The van der Waals surface area contributed by atoms with Gasteiger partial charge in [-0.05, 0) is 32.4 Å². The minimum atomic E-state index is 0.134. The molecule has 0 radical (unpaired) electrons. The van der Waals surface area contributed by atoms with Gasteiger partial charge >= 0.3 is 0 Å². The lowest BCUT2D eigenvalue weighted by Crippen LogP contribution is -1.86. The molecule has 90 valence electrons. The van der Waals surface area contributed by atoms with Crippen LogP contribution in [0.25, 0.3) is 11.5 Å². The molecule has 0 saturated carbocycles. The third-order valence-electron chi connectivity index (χ3n) is 2.54. The minimum absolute atomic E-state index is 0.134. The minimum Gasteiger partial charge on any atom is -0.419 e. The molecule has 1 aromatic carbocycles. The number of nitrogens with zero attached hydrogens (tertiary/aromatic N) is 2. The number of hydrogen-bond acceptors (Lipinski definition) is 3. The number of rotatable bonds is 3. The van der Waals surface area contributed by atoms with E-state index in [2.05, 4.69) is 65.1 Å². The maximum absolute atomic E-state index is 5.66. The summed E-state index contributed by atoms with van der Waals surface area (Å²) in [5.41, 5.74) is 3.38. The summed E-state index contributed by atoms with van der Waals surface area (Å²) in [6.07, 6.45) is 0.925. The van der Waals surface area contributed by atoms with E-state index in [0.717, 1.165) is 12.0 Å². The van der Waals surface area contributed by atoms with E-state index in [-0.39, 0.29) is 4.83 Å². The zero-order valence-electron chi connectivity index (χ0n) is 10.2. The quantitative estimate of drug-likeness (QED) is 0.797. The molecule has 0 aliphatic rings. The summed E-state index contributed by atoms with van der Waals surface area (Å²) in [7, 11) is 0. The molecule has 1 heterocycles. The molecule has 17 heavy (non-hydrogen) atoms. The van der Waals surface area contributed by atoms with Crippen LogP contribution in [-0.2, 0) is 0 Å². The number of benzene rings is 1. The summed E-state index contributed by atoms with van der Waals surface area (Å²) in [6.45, 7) is 6.19. The van der Waals surface area contributed by atoms with Gasteiger partial charge in [0.25, 0.3) is 0 Å². The van der Waals surface area contributed by atoms with Crippen molar-refractivity contribution in [1.82, 2.24) is 10.2 Å². The van der Waals surface area contributed by atoms with Crippen LogP contribution in [-0.4, -0.2) is 10.2 Å².